The van der Waals surface area contributed by atoms with Crippen LogP contribution in [0.3, 0.4) is 0 Å². The van der Waals surface area contributed by atoms with Gasteiger partial charge in [-0.2, -0.15) is 0 Å². The van der Waals surface area contributed by atoms with E-state index in [2.05, 4.69) is 0 Å². The van der Waals surface area contributed by atoms with Crippen molar-refractivity contribution in [2.45, 2.75) is 37.0 Å². The minimum Gasteiger partial charge on any atom is -0.387 e. The first-order valence-electron chi connectivity index (χ1n) is 6.57. The van der Waals surface area contributed by atoms with Crippen molar-refractivity contribution < 1.29 is 29.2 Å². The Labute approximate surface area is 116 Å². The molecule has 2 heterocycles. The summed E-state index contributed by atoms with van der Waals surface area (Å²) in [5.74, 6) is 0. The van der Waals surface area contributed by atoms with Crippen LogP contribution in [0.2, 0.25) is 0 Å². The number of benzene rings is 1. The fraction of sp³-hybridized carbons (Fsp3) is 0.571. The van der Waals surface area contributed by atoms with E-state index in [1.54, 1.807) is 0 Å². The molecule has 2 fully saturated rings. The van der Waals surface area contributed by atoms with Crippen LogP contribution in [0, 0.1) is 0 Å². The molecular formula is C14H18O6. The molecule has 6 atom stereocenters. The molecule has 0 aliphatic carbocycles. The molecule has 110 valence electrons. The lowest BCUT2D eigenvalue weighted by Crippen LogP contribution is -2.62. The van der Waals surface area contributed by atoms with Gasteiger partial charge in [0.1, 0.15) is 24.4 Å². The molecule has 1 aromatic carbocycles. The lowest BCUT2D eigenvalue weighted by Gasteiger charge is -2.45. The zero-order valence-electron chi connectivity index (χ0n) is 11.1. The van der Waals surface area contributed by atoms with Crippen molar-refractivity contribution in [2.24, 2.45) is 0 Å². The van der Waals surface area contributed by atoms with E-state index in [1.807, 2.05) is 30.3 Å². The van der Waals surface area contributed by atoms with E-state index in [9.17, 15) is 10.2 Å². The minimum atomic E-state index is -1.14. The van der Waals surface area contributed by atoms with Crippen LogP contribution in [0.15, 0.2) is 30.3 Å². The fourth-order valence-corrected chi connectivity index (χ4v) is 2.55. The quantitative estimate of drug-likeness (QED) is 0.806. The highest BCUT2D eigenvalue weighted by atomic mass is 16.7. The van der Waals surface area contributed by atoms with Gasteiger partial charge in [-0.05, 0) is 0 Å². The Kier molecular flexibility index (Phi) is 4.02. The first-order valence-corrected chi connectivity index (χ1v) is 6.57. The van der Waals surface area contributed by atoms with Crippen LogP contribution in [0.1, 0.15) is 11.9 Å². The molecule has 0 bridgehead atoms. The van der Waals surface area contributed by atoms with E-state index in [-0.39, 0.29) is 6.61 Å². The maximum absolute atomic E-state index is 10.1. The Morgan fingerprint density at radius 3 is 2.55 bits per heavy atom. The van der Waals surface area contributed by atoms with Gasteiger partial charge >= 0.3 is 0 Å². The van der Waals surface area contributed by atoms with Gasteiger partial charge in [0.15, 0.2) is 12.6 Å². The predicted molar refractivity (Wildman–Crippen MR) is 67.7 cm³/mol. The molecule has 0 amide bonds. The Hall–Kier alpha value is -1.02. The van der Waals surface area contributed by atoms with E-state index in [0.717, 1.165) is 5.56 Å². The highest BCUT2D eigenvalue weighted by Gasteiger charge is 2.48. The molecular weight excluding hydrogens is 264 g/mol. The van der Waals surface area contributed by atoms with Gasteiger partial charge in [-0.25, -0.2) is 0 Å². The summed E-state index contributed by atoms with van der Waals surface area (Å²) < 4.78 is 21.9. The molecule has 1 unspecified atom stereocenters. The molecule has 1 aromatic rings. The number of aliphatic hydroxyl groups is 2. The van der Waals surface area contributed by atoms with Crippen molar-refractivity contribution >= 4 is 0 Å². The van der Waals surface area contributed by atoms with Gasteiger partial charge in [0.2, 0.25) is 0 Å². The van der Waals surface area contributed by atoms with Gasteiger partial charge in [0.25, 0.3) is 0 Å². The van der Waals surface area contributed by atoms with E-state index in [1.165, 1.54) is 7.11 Å². The molecule has 6 heteroatoms. The summed E-state index contributed by atoms with van der Waals surface area (Å²) in [6.45, 7) is 0.272. The Balaban J connectivity index is 1.74. The Morgan fingerprint density at radius 2 is 1.85 bits per heavy atom. The normalized spacial score (nSPS) is 41.1. The summed E-state index contributed by atoms with van der Waals surface area (Å²) in [7, 11) is 1.41. The molecule has 3 rings (SSSR count). The molecule has 0 spiro atoms. The average molecular weight is 282 g/mol. The number of hydrogen-bond acceptors (Lipinski definition) is 6. The maximum atomic E-state index is 10.1. The van der Waals surface area contributed by atoms with E-state index in [0.29, 0.717) is 0 Å². The van der Waals surface area contributed by atoms with Gasteiger partial charge in [-0.15, -0.1) is 0 Å². The number of hydrogen-bond donors (Lipinski definition) is 2. The number of fused-ring (bicyclic) bond motifs is 1. The standard InChI is InChI=1S/C14H18O6/c1-17-14-11(16)10(15)12-9(19-14)7-18-13(20-12)8-5-3-2-4-6-8/h2-6,9-16H,7H2,1H3/t9-,10+,11-,12-,13?,14+/m1/s1. The molecule has 0 saturated carbocycles. The molecule has 6 nitrogen and oxygen atoms in total. The molecule has 0 radical (unpaired) electrons. The van der Waals surface area contributed by atoms with Gasteiger partial charge in [0, 0.05) is 12.7 Å². The summed E-state index contributed by atoms with van der Waals surface area (Å²) in [4.78, 5) is 0. The van der Waals surface area contributed by atoms with Crippen LogP contribution in [-0.2, 0) is 18.9 Å². The molecule has 2 aliphatic heterocycles. The number of ether oxygens (including phenoxy) is 4. The van der Waals surface area contributed by atoms with Gasteiger partial charge in [-0.1, -0.05) is 30.3 Å². The first kappa shape index (κ1) is 13.9. The number of rotatable bonds is 2. The number of aliphatic hydroxyl groups excluding tert-OH is 2. The number of methoxy groups -OCH3 is 1. The third-order valence-corrected chi connectivity index (χ3v) is 3.64. The van der Waals surface area contributed by atoms with Crippen molar-refractivity contribution in [1.29, 1.82) is 0 Å². The second kappa shape index (κ2) is 5.77. The van der Waals surface area contributed by atoms with Crippen LogP contribution in [0.25, 0.3) is 0 Å². The van der Waals surface area contributed by atoms with Crippen LogP contribution < -0.4 is 0 Å². The Morgan fingerprint density at radius 1 is 1.10 bits per heavy atom. The smallest absolute Gasteiger partial charge is 0.186 e. The van der Waals surface area contributed by atoms with Crippen molar-refractivity contribution in [2.75, 3.05) is 13.7 Å². The second-order valence-electron chi connectivity index (χ2n) is 4.94. The van der Waals surface area contributed by atoms with E-state index < -0.39 is 37.0 Å². The zero-order chi connectivity index (χ0) is 14.1. The summed E-state index contributed by atoms with van der Waals surface area (Å²) in [5, 5.41) is 20.1. The summed E-state index contributed by atoms with van der Waals surface area (Å²) in [6.07, 6.45) is -4.76. The first-order chi connectivity index (χ1) is 9.70. The molecule has 2 saturated heterocycles. The third-order valence-electron chi connectivity index (χ3n) is 3.64. The molecule has 20 heavy (non-hydrogen) atoms. The monoisotopic (exact) mass is 282 g/mol. The predicted octanol–water partition coefficient (Wildman–Crippen LogP) is 0.194. The van der Waals surface area contributed by atoms with Crippen molar-refractivity contribution in [3.05, 3.63) is 35.9 Å². The highest BCUT2D eigenvalue weighted by Crippen LogP contribution is 2.33. The molecule has 2 N–H and O–H groups in total. The van der Waals surface area contributed by atoms with Gasteiger partial charge in [-0.3, -0.25) is 0 Å². The zero-order valence-corrected chi connectivity index (χ0v) is 11.1. The van der Waals surface area contributed by atoms with Crippen molar-refractivity contribution in [3.63, 3.8) is 0 Å². The second-order valence-corrected chi connectivity index (χ2v) is 4.94. The summed E-state index contributed by atoms with van der Waals surface area (Å²) in [6, 6.07) is 9.45. The summed E-state index contributed by atoms with van der Waals surface area (Å²) >= 11 is 0. The minimum absolute atomic E-state index is 0.272. The Bertz CT molecular complexity index is 437. The van der Waals surface area contributed by atoms with Crippen LogP contribution >= 0.6 is 0 Å². The lowest BCUT2D eigenvalue weighted by atomic mass is 9.98. The van der Waals surface area contributed by atoms with Crippen molar-refractivity contribution in [3.8, 4) is 0 Å². The van der Waals surface area contributed by atoms with Gasteiger partial charge in [0.05, 0.1) is 6.61 Å². The van der Waals surface area contributed by atoms with Gasteiger partial charge < -0.3 is 29.2 Å². The van der Waals surface area contributed by atoms with Crippen LogP contribution in [0.4, 0.5) is 0 Å². The topological polar surface area (TPSA) is 77.4 Å². The lowest BCUT2D eigenvalue weighted by molar-refractivity contribution is -0.358. The highest BCUT2D eigenvalue weighted by molar-refractivity contribution is 5.16. The van der Waals surface area contributed by atoms with E-state index in [4.69, 9.17) is 18.9 Å². The fourth-order valence-electron chi connectivity index (χ4n) is 2.55. The van der Waals surface area contributed by atoms with Crippen molar-refractivity contribution in [1.82, 2.24) is 0 Å². The SMILES string of the molecule is CO[C@H]1O[C@@H]2COC(c3ccccc3)O[C@H]2[C@@H](O)[C@H]1O. The summed E-state index contributed by atoms with van der Waals surface area (Å²) in [5.41, 5.74) is 0.863. The average Bonchev–Trinajstić information content (AvgIpc) is 2.51. The van der Waals surface area contributed by atoms with Crippen LogP contribution in [0.5, 0.6) is 0 Å². The molecule has 2 aliphatic rings. The molecule has 0 aromatic heterocycles. The largest absolute Gasteiger partial charge is 0.387 e. The van der Waals surface area contributed by atoms with E-state index >= 15 is 0 Å². The maximum Gasteiger partial charge on any atom is 0.186 e. The third kappa shape index (κ3) is 2.46. The van der Waals surface area contributed by atoms with Crippen LogP contribution in [-0.4, -0.2) is 54.6 Å².